The summed E-state index contributed by atoms with van der Waals surface area (Å²) in [4.78, 5) is 24.9. The molecule has 3 rings (SSSR count). The molecule has 0 bridgehead atoms. The fourth-order valence-corrected chi connectivity index (χ4v) is 2.56. The highest BCUT2D eigenvalue weighted by molar-refractivity contribution is 6.02. The Bertz CT molecular complexity index is 1080. The van der Waals surface area contributed by atoms with Crippen molar-refractivity contribution in [1.29, 1.82) is 0 Å². The number of carbonyl (C=O) groups is 1. The molecule has 8 heteroatoms. The summed E-state index contributed by atoms with van der Waals surface area (Å²) >= 11 is 0. The minimum absolute atomic E-state index is 0.171. The third-order valence-electron chi connectivity index (χ3n) is 4.05. The maximum absolute atomic E-state index is 13.4. The van der Waals surface area contributed by atoms with Gasteiger partial charge in [0.05, 0.1) is 26.0 Å². The van der Waals surface area contributed by atoms with Crippen molar-refractivity contribution in [2.75, 3.05) is 19.5 Å². The van der Waals surface area contributed by atoms with Gasteiger partial charge in [0.25, 0.3) is 5.91 Å². The number of halogens is 1. The number of benzene rings is 2. The maximum Gasteiger partial charge on any atom is 0.280 e. The number of aromatic nitrogens is 2. The summed E-state index contributed by atoms with van der Waals surface area (Å²) in [7, 11) is 2.95. The van der Waals surface area contributed by atoms with Crippen molar-refractivity contribution >= 4 is 11.6 Å². The molecule has 1 aromatic heterocycles. The zero-order valence-corrected chi connectivity index (χ0v) is 15.5. The van der Waals surface area contributed by atoms with Crippen molar-refractivity contribution in [2.45, 2.75) is 6.92 Å². The van der Waals surface area contributed by atoms with Crippen LogP contribution in [0, 0.1) is 12.7 Å². The van der Waals surface area contributed by atoms with Crippen molar-refractivity contribution in [2.24, 2.45) is 0 Å². The Morgan fingerprint density at radius 1 is 1.07 bits per heavy atom. The Morgan fingerprint density at radius 2 is 1.79 bits per heavy atom. The normalized spacial score (nSPS) is 10.4. The van der Waals surface area contributed by atoms with Gasteiger partial charge in [-0.25, -0.2) is 9.07 Å². The van der Waals surface area contributed by atoms with E-state index in [1.807, 2.05) is 0 Å². The minimum Gasteiger partial charge on any atom is -0.497 e. The molecule has 0 aliphatic heterocycles. The molecular weight excluding hydrogens is 365 g/mol. The number of aryl methyl sites for hydroxylation is 1. The molecule has 1 heterocycles. The van der Waals surface area contributed by atoms with Gasteiger partial charge >= 0.3 is 0 Å². The van der Waals surface area contributed by atoms with Crippen LogP contribution in [0.5, 0.6) is 11.6 Å². The van der Waals surface area contributed by atoms with Gasteiger partial charge in [0.1, 0.15) is 11.6 Å². The summed E-state index contributed by atoms with van der Waals surface area (Å²) in [6.45, 7) is 1.58. The molecule has 3 aromatic rings. The molecule has 0 aliphatic rings. The first-order chi connectivity index (χ1) is 13.4. The molecule has 0 atom stereocenters. The summed E-state index contributed by atoms with van der Waals surface area (Å²) in [6.07, 6.45) is 0. The molecule has 0 spiro atoms. The molecule has 0 aliphatic carbocycles. The fraction of sp³-hybridized carbons (Fsp3) is 0.150. The van der Waals surface area contributed by atoms with Crippen LogP contribution in [0.3, 0.4) is 0 Å². The van der Waals surface area contributed by atoms with E-state index in [9.17, 15) is 14.0 Å². The standard InChI is InChI=1S/C20H18FN3O4/c1-12-10-13(4-9-16(12)21)22-20(26)19-17(25)11-18(28-3)24(23-19)14-5-7-15(27-2)8-6-14/h4-11H,1-3H3,(H,22,26). The van der Waals surface area contributed by atoms with Gasteiger partial charge in [0.2, 0.25) is 11.3 Å². The zero-order chi connectivity index (χ0) is 20.3. The van der Waals surface area contributed by atoms with Gasteiger partial charge in [0.15, 0.2) is 5.69 Å². The van der Waals surface area contributed by atoms with Gasteiger partial charge in [-0.1, -0.05) is 0 Å². The second-order valence-corrected chi connectivity index (χ2v) is 5.93. The van der Waals surface area contributed by atoms with E-state index in [-0.39, 0.29) is 17.4 Å². The highest BCUT2D eigenvalue weighted by Gasteiger charge is 2.18. The number of methoxy groups -OCH3 is 2. The number of carbonyl (C=O) groups excluding carboxylic acids is 1. The van der Waals surface area contributed by atoms with Crippen molar-refractivity contribution < 1.29 is 18.7 Å². The van der Waals surface area contributed by atoms with Crippen molar-refractivity contribution in [3.8, 4) is 17.3 Å². The molecule has 0 radical (unpaired) electrons. The van der Waals surface area contributed by atoms with E-state index < -0.39 is 11.3 Å². The average molecular weight is 383 g/mol. The van der Waals surface area contributed by atoms with Crippen LogP contribution >= 0.6 is 0 Å². The van der Waals surface area contributed by atoms with Gasteiger partial charge in [-0.3, -0.25) is 9.59 Å². The highest BCUT2D eigenvalue weighted by Crippen LogP contribution is 2.19. The molecule has 7 nitrogen and oxygen atoms in total. The van der Waals surface area contributed by atoms with Crippen molar-refractivity contribution in [3.05, 3.63) is 75.8 Å². The van der Waals surface area contributed by atoms with E-state index in [1.165, 1.54) is 36.1 Å². The number of ether oxygens (including phenoxy) is 2. The largest absolute Gasteiger partial charge is 0.497 e. The van der Waals surface area contributed by atoms with Crippen molar-refractivity contribution in [3.63, 3.8) is 0 Å². The molecule has 1 N–H and O–H groups in total. The van der Waals surface area contributed by atoms with Gasteiger partial charge in [-0.05, 0) is 55.0 Å². The fourth-order valence-electron chi connectivity index (χ4n) is 2.56. The first-order valence-electron chi connectivity index (χ1n) is 8.33. The number of amides is 1. The Balaban J connectivity index is 1.99. The van der Waals surface area contributed by atoms with Gasteiger partial charge in [0, 0.05) is 5.69 Å². The van der Waals surface area contributed by atoms with E-state index >= 15 is 0 Å². The summed E-state index contributed by atoms with van der Waals surface area (Å²) in [5.41, 5.74) is 0.383. The number of hydrogen-bond acceptors (Lipinski definition) is 5. The summed E-state index contributed by atoms with van der Waals surface area (Å²) in [5.74, 6) is -0.277. The van der Waals surface area contributed by atoms with E-state index in [0.717, 1.165) is 0 Å². The van der Waals surface area contributed by atoms with E-state index in [0.29, 0.717) is 22.7 Å². The summed E-state index contributed by atoms with van der Waals surface area (Å²) in [5, 5.41) is 6.72. The molecule has 0 saturated heterocycles. The quantitative estimate of drug-likeness (QED) is 0.733. The van der Waals surface area contributed by atoms with Crippen LogP contribution in [0.4, 0.5) is 10.1 Å². The third kappa shape index (κ3) is 3.85. The molecule has 0 fully saturated rings. The molecule has 2 aromatic carbocycles. The first-order valence-corrected chi connectivity index (χ1v) is 8.33. The predicted molar refractivity (Wildman–Crippen MR) is 102 cm³/mol. The monoisotopic (exact) mass is 383 g/mol. The SMILES string of the molecule is COc1ccc(-n2nc(C(=O)Nc3ccc(F)c(C)c3)c(=O)cc2OC)cc1. The first kappa shape index (κ1) is 19.1. The molecule has 0 saturated carbocycles. The number of nitrogens with one attached hydrogen (secondary N) is 1. The highest BCUT2D eigenvalue weighted by atomic mass is 19.1. The molecule has 0 unspecified atom stereocenters. The van der Waals surface area contributed by atoms with Crippen LogP contribution in [-0.2, 0) is 0 Å². The average Bonchev–Trinajstić information content (AvgIpc) is 2.70. The molecule has 144 valence electrons. The second-order valence-electron chi connectivity index (χ2n) is 5.93. The lowest BCUT2D eigenvalue weighted by atomic mass is 10.2. The van der Waals surface area contributed by atoms with E-state index in [4.69, 9.17) is 9.47 Å². The van der Waals surface area contributed by atoms with Gasteiger partial charge < -0.3 is 14.8 Å². The van der Waals surface area contributed by atoms with Crippen LogP contribution in [0.25, 0.3) is 5.69 Å². The van der Waals surface area contributed by atoms with E-state index in [1.54, 1.807) is 38.3 Å². The third-order valence-corrected chi connectivity index (χ3v) is 4.05. The number of rotatable bonds is 5. The Morgan fingerprint density at radius 3 is 2.39 bits per heavy atom. The lowest BCUT2D eigenvalue weighted by Crippen LogP contribution is -2.26. The zero-order valence-electron chi connectivity index (χ0n) is 15.5. The van der Waals surface area contributed by atoms with Gasteiger partial charge in [-0.15, -0.1) is 0 Å². The minimum atomic E-state index is -0.707. The lowest BCUT2D eigenvalue weighted by Gasteiger charge is -2.13. The van der Waals surface area contributed by atoms with Crippen LogP contribution < -0.4 is 20.2 Å². The second kappa shape index (κ2) is 7.91. The number of anilines is 1. The Kier molecular flexibility index (Phi) is 5.39. The van der Waals surface area contributed by atoms with Gasteiger partial charge in [-0.2, -0.15) is 5.10 Å². The smallest absolute Gasteiger partial charge is 0.280 e. The predicted octanol–water partition coefficient (Wildman–Crippen LogP) is 2.95. The Labute approximate surface area is 160 Å². The van der Waals surface area contributed by atoms with Crippen LogP contribution in [-0.4, -0.2) is 29.9 Å². The van der Waals surface area contributed by atoms with Crippen LogP contribution in [0.1, 0.15) is 16.1 Å². The van der Waals surface area contributed by atoms with E-state index in [2.05, 4.69) is 10.4 Å². The number of nitrogens with zero attached hydrogens (tertiary/aromatic N) is 2. The molecular formula is C20H18FN3O4. The molecule has 1 amide bonds. The lowest BCUT2D eigenvalue weighted by molar-refractivity contribution is 0.101. The van der Waals surface area contributed by atoms with Crippen LogP contribution in [0.2, 0.25) is 0 Å². The van der Waals surface area contributed by atoms with Crippen molar-refractivity contribution in [1.82, 2.24) is 9.78 Å². The molecule has 28 heavy (non-hydrogen) atoms. The van der Waals surface area contributed by atoms with Crippen LogP contribution in [0.15, 0.2) is 53.3 Å². The number of hydrogen-bond donors (Lipinski definition) is 1. The Hall–Kier alpha value is -3.68. The summed E-state index contributed by atoms with van der Waals surface area (Å²) in [6, 6.07) is 12.2. The maximum atomic E-state index is 13.4. The summed E-state index contributed by atoms with van der Waals surface area (Å²) < 4.78 is 25.1. The topological polar surface area (TPSA) is 82.5 Å².